The van der Waals surface area contributed by atoms with Crippen molar-refractivity contribution in [1.82, 2.24) is 19.7 Å². The zero-order valence-corrected chi connectivity index (χ0v) is 17.3. The highest BCUT2D eigenvalue weighted by Gasteiger charge is 2.28. The number of benzene rings is 1. The van der Waals surface area contributed by atoms with Crippen LogP contribution < -0.4 is 9.64 Å². The SMILES string of the molecule is CCOc1cccc2sc(N3CCC(N(C)C(=O)c4cnn(C)c4)CC3)nc12. The van der Waals surface area contributed by atoms with Crippen LogP contribution in [0.2, 0.25) is 0 Å². The van der Waals surface area contributed by atoms with E-state index in [0.717, 1.165) is 47.0 Å². The minimum absolute atomic E-state index is 0.0351. The number of amides is 1. The van der Waals surface area contributed by atoms with Gasteiger partial charge in [0, 0.05) is 39.4 Å². The van der Waals surface area contributed by atoms with Gasteiger partial charge in [0.2, 0.25) is 0 Å². The number of aryl methyl sites for hydroxylation is 1. The van der Waals surface area contributed by atoms with Crippen molar-refractivity contribution in [3.05, 3.63) is 36.2 Å². The number of aromatic nitrogens is 3. The second-order valence-electron chi connectivity index (χ2n) is 7.07. The first-order valence-corrected chi connectivity index (χ1v) is 10.4. The van der Waals surface area contributed by atoms with Gasteiger partial charge >= 0.3 is 0 Å². The van der Waals surface area contributed by atoms with Crippen molar-refractivity contribution in [2.75, 3.05) is 31.6 Å². The third kappa shape index (κ3) is 3.56. The molecule has 0 bridgehead atoms. The molecule has 0 spiro atoms. The van der Waals surface area contributed by atoms with Gasteiger partial charge in [-0.2, -0.15) is 5.10 Å². The molecule has 3 heterocycles. The second kappa shape index (κ2) is 7.79. The van der Waals surface area contributed by atoms with Crippen LogP contribution in [0.3, 0.4) is 0 Å². The standard InChI is InChI=1S/C20H25N5O2S/c1-4-27-16-6-5-7-17-18(16)22-20(28-17)25-10-8-15(9-11-25)24(3)19(26)14-12-21-23(2)13-14/h5-7,12-13,15H,4,8-11H2,1-3H3. The van der Waals surface area contributed by atoms with Gasteiger partial charge in [-0.15, -0.1) is 0 Å². The molecule has 4 rings (SSSR count). The van der Waals surface area contributed by atoms with Gasteiger partial charge in [-0.3, -0.25) is 9.48 Å². The summed E-state index contributed by atoms with van der Waals surface area (Å²) in [5.74, 6) is 0.882. The largest absolute Gasteiger partial charge is 0.492 e. The fraction of sp³-hybridized carbons (Fsp3) is 0.450. The lowest BCUT2D eigenvalue weighted by molar-refractivity contribution is 0.0709. The molecule has 0 unspecified atom stereocenters. The molecule has 0 N–H and O–H groups in total. The van der Waals surface area contributed by atoms with Crippen LogP contribution in [0, 0.1) is 0 Å². The van der Waals surface area contributed by atoms with E-state index in [-0.39, 0.29) is 11.9 Å². The zero-order chi connectivity index (χ0) is 19.7. The third-order valence-electron chi connectivity index (χ3n) is 5.23. The maximum atomic E-state index is 12.7. The summed E-state index contributed by atoms with van der Waals surface area (Å²) in [6.45, 7) is 4.40. The number of carbonyl (C=O) groups is 1. The van der Waals surface area contributed by atoms with E-state index in [1.807, 2.05) is 38.1 Å². The molecule has 7 nitrogen and oxygen atoms in total. The summed E-state index contributed by atoms with van der Waals surface area (Å²) in [5, 5.41) is 5.13. The first-order valence-electron chi connectivity index (χ1n) is 9.60. The van der Waals surface area contributed by atoms with Crippen molar-refractivity contribution in [3.8, 4) is 5.75 Å². The Kier molecular flexibility index (Phi) is 5.21. The summed E-state index contributed by atoms with van der Waals surface area (Å²) >= 11 is 1.70. The Morgan fingerprint density at radius 1 is 1.36 bits per heavy atom. The number of nitrogens with zero attached hydrogens (tertiary/aromatic N) is 5. The molecule has 1 fully saturated rings. The minimum Gasteiger partial charge on any atom is -0.492 e. The molecule has 3 aromatic rings. The van der Waals surface area contributed by atoms with Crippen LogP contribution in [-0.2, 0) is 7.05 Å². The van der Waals surface area contributed by atoms with Crippen molar-refractivity contribution in [2.24, 2.45) is 7.05 Å². The minimum atomic E-state index is 0.0351. The molecule has 8 heteroatoms. The number of anilines is 1. The van der Waals surface area contributed by atoms with E-state index < -0.39 is 0 Å². The third-order valence-corrected chi connectivity index (χ3v) is 6.31. The van der Waals surface area contributed by atoms with Crippen LogP contribution in [0.15, 0.2) is 30.6 Å². The van der Waals surface area contributed by atoms with Crippen LogP contribution in [-0.4, -0.2) is 58.4 Å². The number of para-hydroxylation sites is 1. The average Bonchev–Trinajstić information content (AvgIpc) is 3.34. The molecule has 1 amide bonds. The number of fused-ring (bicyclic) bond motifs is 1. The first-order chi connectivity index (χ1) is 13.6. The fourth-order valence-electron chi connectivity index (χ4n) is 3.66. The van der Waals surface area contributed by atoms with Crippen molar-refractivity contribution >= 4 is 32.6 Å². The van der Waals surface area contributed by atoms with Crippen molar-refractivity contribution in [1.29, 1.82) is 0 Å². The van der Waals surface area contributed by atoms with Crippen LogP contribution in [0.1, 0.15) is 30.1 Å². The van der Waals surface area contributed by atoms with Gasteiger partial charge in [0.1, 0.15) is 11.3 Å². The number of hydrogen-bond donors (Lipinski definition) is 0. The highest BCUT2D eigenvalue weighted by atomic mass is 32.1. The Morgan fingerprint density at radius 2 is 2.14 bits per heavy atom. The number of piperidine rings is 1. The maximum absolute atomic E-state index is 12.7. The Bertz CT molecular complexity index is 974. The van der Waals surface area contributed by atoms with Gasteiger partial charge in [0.25, 0.3) is 5.91 Å². The van der Waals surface area contributed by atoms with Gasteiger partial charge in [-0.1, -0.05) is 17.4 Å². The molecule has 1 aliphatic heterocycles. The summed E-state index contributed by atoms with van der Waals surface area (Å²) in [4.78, 5) is 21.7. The first kappa shape index (κ1) is 18.7. The topological polar surface area (TPSA) is 63.5 Å². The number of thiazole rings is 1. The van der Waals surface area contributed by atoms with E-state index in [1.165, 1.54) is 0 Å². The van der Waals surface area contributed by atoms with Crippen molar-refractivity contribution in [3.63, 3.8) is 0 Å². The molecular formula is C20H25N5O2S. The normalized spacial score (nSPS) is 15.2. The average molecular weight is 400 g/mol. The van der Waals surface area contributed by atoms with Crippen LogP contribution in [0.4, 0.5) is 5.13 Å². The Balaban J connectivity index is 1.43. The van der Waals surface area contributed by atoms with Gasteiger partial charge in [0.05, 0.1) is 23.1 Å². The maximum Gasteiger partial charge on any atom is 0.257 e. The van der Waals surface area contributed by atoms with E-state index in [9.17, 15) is 4.79 Å². The van der Waals surface area contributed by atoms with E-state index in [0.29, 0.717) is 12.2 Å². The summed E-state index contributed by atoms with van der Waals surface area (Å²) in [7, 11) is 3.71. The second-order valence-corrected chi connectivity index (χ2v) is 8.08. The highest BCUT2D eigenvalue weighted by Crippen LogP contribution is 2.35. The molecule has 28 heavy (non-hydrogen) atoms. The van der Waals surface area contributed by atoms with Gasteiger partial charge in [0.15, 0.2) is 5.13 Å². The van der Waals surface area contributed by atoms with Crippen molar-refractivity contribution in [2.45, 2.75) is 25.8 Å². The molecule has 148 valence electrons. The van der Waals surface area contributed by atoms with E-state index in [4.69, 9.17) is 9.72 Å². The summed E-state index contributed by atoms with van der Waals surface area (Å²) in [6, 6.07) is 6.31. The molecule has 0 aliphatic carbocycles. The number of rotatable bonds is 5. The van der Waals surface area contributed by atoms with E-state index >= 15 is 0 Å². The van der Waals surface area contributed by atoms with Crippen LogP contribution >= 0.6 is 11.3 Å². The molecule has 1 aliphatic rings. The summed E-state index contributed by atoms with van der Waals surface area (Å²) in [6.07, 6.45) is 5.25. The number of carbonyl (C=O) groups excluding carboxylic acids is 1. The molecule has 0 atom stereocenters. The Morgan fingerprint density at radius 3 is 2.82 bits per heavy atom. The molecule has 1 aromatic carbocycles. The predicted molar refractivity (Wildman–Crippen MR) is 111 cm³/mol. The highest BCUT2D eigenvalue weighted by molar-refractivity contribution is 7.22. The lowest BCUT2D eigenvalue weighted by Gasteiger charge is -2.36. The van der Waals surface area contributed by atoms with Gasteiger partial charge in [-0.05, 0) is 31.9 Å². The molecule has 0 saturated carbocycles. The predicted octanol–water partition coefficient (Wildman–Crippen LogP) is 3.17. The zero-order valence-electron chi connectivity index (χ0n) is 16.5. The van der Waals surface area contributed by atoms with Crippen LogP contribution in [0.5, 0.6) is 5.75 Å². The van der Waals surface area contributed by atoms with Gasteiger partial charge < -0.3 is 14.5 Å². The molecule has 1 saturated heterocycles. The Labute approximate surface area is 168 Å². The number of ether oxygens (including phenoxy) is 1. The summed E-state index contributed by atoms with van der Waals surface area (Å²) < 4.78 is 8.52. The van der Waals surface area contributed by atoms with Crippen LogP contribution in [0.25, 0.3) is 10.2 Å². The van der Waals surface area contributed by atoms with Crippen molar-refractivity contribution < 1.29 is 9.53 Å². The smallest absolute Gasteiger partial charge is 0.257 e. The molecule has 0 radical (unpaired) electrons. The lowest BCUT2D eigenvalue weighted by atomic mass is 10.0. The quantitative estimate of drug-likeness (QED) is 0.659. The molecular weight excluding hydrogens is 374 g/mol. The van der Waals surface area contributed by atoms with E-state index in [2.05, 4.69) is 16.1 Å². The fourth-order valence-corrected chi connectivity index (χ4v) is 4.70. The lowest BCUT2D eigenvalue weighted by Crippen LogP contribution is -2.45. The summed E-state index contributed by atoms with van der Waals surface area (Å²) in [5.41, 5.74) is 1.58. The monoisotopic (exact) mass is 399 g/mol. The number of hydrogen-bond acceptors (Lipinski definition) is 6. The van der Waals surface area contributed by atoms with Gasteiger partial charge in [-0.25, -0.2) is 4.98 Å². The van der Waals surface area contributed by atoms with E-state index in [1.54, 1.807) is 28.4 Å². The Hall–Kier alpha value is -2.61. The molecule has 2 aromatic heterocycles.